The van der Waals surface area contributed by atoms with E-state index in [9.17, 15) is 9.90 Å². The van der Waals surface area contributed by atoms with Crippen LogP contribution >= 0.6 is 0 Å². The lowest BCUT2D eigenvalue weighted by Crippen LogP contribution is -2.43. The van der Waals surface area contributed by atoms with Crippen LogP contribution in [0.1, 0.15) is 69.8 Å². The lowest BCUT2D eigenvalue weighted by atomic mass is 9.71. The number of rotatable bonds is 12. The van der Waals surface area contributed by atoms with E-state index in [0.717, 1.165) is 37.7 Å². The van der Waals surface area contributed by atoms with Crippen LogP contribution in [0.2, 0.25) is 0 Å². The molecule has 5 heteroatoms. The summed E-state index contributed by atoms with van der Waals surface area (Å²) in [7, 11) is 0. The van der Waals surface area contributed by atoms with Crippen LogP contribution in [0.15, 0.2) is 65.4 Å². The van der Waals surface area contributed by atoms with Gasteiger partial charge in [0.1, 0.15) is 18.5 Å². The number of nitrogens with zero attached hydrogens (tertiary/aromatic N) is 1. The van der Waals surface area contributed by atoms with Gasteiger partial charge in [0.2, 0.25) is 0 Å². The maximum absolute atomic E-state index is 12.8. The second-order valence-electron chi connectivity index (χ2n) is 8.48. The number of aliphatic hydroxyl groups is 1. The largest absolute Gasteiger partial charge is 0.467 e. The summed E-state index contributed by atoms with van der Waals surface area (Å²) >= 11 is 0. The Bertz CT molecular complexity index is 832. The summed E-state index contributed by atoms with van der Waals surface area (Å²) in [6.45, 7) is 8.92. The van der Waals surface area contributed by atoms with Crippen LogP contribution in [-0.4, -0.2) is 28.7 Å². The van der Waals surface area contributed by atoms with Gasteiger partial charge in [-0.3, -0.25) is 4.90 Å². The zero-order valence-electron chi connectivity index (χ0n) is 18.8. The first-order valence-electron chi connectivity index (χ1n) is 11.4. The summed E-state index contributed by atoms with van der Waals surface area (Å²) in [4.78, 5) is 14.5. The number of benzene rings is 1. The van der Waals surface area contributed by atoms with Crippen LogP contribution in [0.4, 0.5) is 4.79 Å². The van der Waals surface area contributed by atoms with Gasteiger partial charge >= 0.3 is 6.09 Å². The Balaban J connectivity index is 1.90. The van der Waals surface area contributed by atoms with Gasteiger partial charge in [0.15, 0.2) is 0 Å². The number of carbonyl (C=O) groups excluding carboxylic acids is 1. The van der Waals surface area contributed by atoms with Crippen molar-refractivity contribution >= 4 is 6.09 Å². The summed E-state index contributed by atoms with van der Waals surface area (Å²) < 4.78 is 11.0. The molecule has 168 valence electrons. The highest BCUT2D eigenvalue weighted by atomic mass is 16.6. The number of furan rings is 1. The monoisotopic (exact) mass is 425 g/mol. The first kappa shape index (κ1) is 23.1. The molecule has 0 radical (unpaired) electrons. The Morgan fingerprint density at radius 1 is 1.19 bits per heavy atom. The third-order valence-corrected chi connectivity index (χ3v) is 6.58. The number of carbonyl (C=O) groups is 1. The number of cyclic esters (lactones) is 1. The first-order chi connectivity index (χ1) is 15.0. The lowest BCUT2D eigenvalue weighted by Gasteiger charge is -2.42. The molecular formula is C26H35NO4. The molecule has 0 unspecified atom stereocenters. The molecule has 0 bridgehead atoms. The van der Waals surface area contributed by atoms with Crippen molar-refractivity contribution in [1.82, 2.24) is 4.90 Å². The fraction of sp³-hybridized carbons (Fsp3) is 0.500. The summed E-state index contributed by atoms with van der Waals surface area (Å²) in [5.74, 6) is 0.505. The molecular weight excluding hydrogens is 390 g/mol. The standard InChI is InChI=1S/C26H35NO4/c1-4-6-7-11-16-26(5-2,24(28)23-15-12-17-30-23)20(3)27-22(19-31-25(27)29)18-21-13-9-8-10-14-21/h8-10,12-15,17,22,24,28H,3-7,11,16,18-19H2,1-2H3/t22-,24-,26+/m0/s1. The number of aliphatic hydroxyl groups excluding tert-OH is 1. The summed E-state index contributed by atoms with van der Waals surface area (Å²) in [5, 5.41) is 11.4. The van der Waals surface area contributed by atoms with Crippen molar-refractivity contribution in [2.75, 3.05) is 6.61 Å². The van der Waals surface area contributed by atoms with Crippen LogP contribution < -0.4 is 0 Å². The van der Waals surface area contributed by atoms with E-state index < -0.39 is 11.5 Å². The minimum Gasteiger partial charge on any atom is -0.467 e. The first-order valence-corrected chi connectivity index (χ1v) is 11.4. The fourth-order valence-corrected chi connectivity index (χ4v) is 4.67. The molecule has 2 aromatic rings. The van der Waals surface area contributed by atoms with Crippen molar-refractivity contribution in [3.05, 3.63) is 72.3 Å². The molecule has 1 saturated heterocycles. The van der Waals surface area contributed by atoms with Crippen molar-refractivity contribution in [2.45, 2.75) is 70.9 Å². The Labute approximate surface area is 185 Å². The molecule has 0 aliphatic carbocycles. The van der Waals surface area contributed by atoms with Gasteiger partial charge < -0.3 is 14.3 Å². The van der Waals surface area contributed by atoms with E-state index in [4.69, 9.17) is 9.15 Å². The number of hydrogen-bond donors (Lipinski definition) is 1. The fourth-order valence-electron chi connectivity index (χ4n) is 4.67. The third-order valence-electron chi connectivity index (χ3n) is 6.58. The normalized spacial score (nSPS) is 19.1. The highest BCUT2D eigenvalue weighted by Crippen LogP contribution is 2.49. The van der Waals surface area contributed by atoms with Gasteiger partial charge in [-0.2, -0.15) is 0 Å². The second-order valence-corrected chi connectivity index (χ2v) is 8.48. The van der Waals surface area contributed by atoms with Crippen molar-refractivity contribution in [3.8, 4) is 0 Å². The molecule has 0 spiro atoms. The Hall–Kier alpha value is -2.53. The number of hydrogen-bond acceptors (Lipinski definition) is 4. The van der Waals surface area contributed by atoms with Crippen LogP contribution in [-0.2, 0) is 11.2 Å². The smallest absolute Gasteiger partial charge is 0.414 e. The minimum atomic E-state index is -0.882. The third kappa shape index (κ3) is 5.04. The van der Waals surface area contributed by atoms with Gasteiger partial charge in [-0.05, 0) is 37.0 Å². The van der Waals surface area contributed by atoms with Gasteiger partial charge in [0.05, 0.1) is 12.3 Å². The van der Waals surface area contributed by atoms with Crippen LogP contribution in [0.25, 0.3) is 0 Å². The summed E-state index contributed by atoms with van der Waals surface area (Å²) in [6, 6.07) is 13.5. The molecule has 0 saturated carbocycles. The van der Waals surface area contributed by atoms with Crippen LogP contribution in [0, 0.1) is 5.41 Å². The van der Waals surface area contributed by atoms with Crippen LogP contribution in [0.3, 0.4) is 0 Å². The highest BCUT2D eigenvalue weighted by Gasteiger charge is 2.48. The minimum absolute atomic E-state index is 0.146. The summed E-state index contributed by atoms with van der Waals surface area (Å²) in [5.41, 5.74) is 1.06. The Morgan fingerprint density at radius 3 is 2.61 bits per heavy atom. The maximum atomic E-state index is 12.8. The van der Waals surface area contributed by atoms with E-state index >= 15 is 0 Å². The quantitative estimate of drug-likeness (QED) is 0.408. The SMILES string of the molecule is C=C(N1C(=O)OC[C@@H]1Cc1ccccc1)[C@@](CC)(CCCCCC)[C@@H](O)c1ccco1. The molecule has 1 aromatic heterocycles. The predicted molar refractivity (Wildman–Crippen MR) is 121 cm³/mol. The van der Waals surface area contributed by atoms with E-state index in [1.165, 1.54) is 0 Å². The van der Waals surface area contributed by atoms with Gasteiger partial charge in [-0.25, -0.2) is 4.79 Å². The predicted octanol–water partition coefficient (Wildman–Crippen LogP) is 6.26. The second kappa shape index (κ2) is 10.7. The molecule has 1 fully saturated rings. The van der Waals surface area contributed by atoms with Crippen molar-refractivity contribution in [3.63, 3.8) is 0 Å². The van der Waals surface area contributed by atoms with Gasteiger partial charge in [-0.1, -0.05) is 76.4 Å². The molecule has 1 N–H and O–H groups in total. The van der Waals surface area contributed by atoms with Gasteiger partial charge in [0, 0.05) is 11.1 Å². The van der Waals surface area contributed by atoms with E-state index in [2.05, 4.69) is 25.6 Å². The topological polar surface area (TPSA) is 62.9 Å². The van der Waals surface area contributed by atoms with E-state index in [-0.39, 0.29) is 12.1 Å². The molecule has 3 atom stereocenters. The lowest BCUT2D eigenvalue weighted by molar-refractivity contribution is 0.00467. The van der Waals surface area contributed by atoms with Crippen LogP contribution in [0.5, 0.6) is 0 Å². The van der Waals surface area contributed by atoms with Crippen molar-refractivity contribution in [2.24, 2.45) is 5.41 Å². The Morgan fingerprint density at radius 2 is 1.97 bits per heavy atom. The number of ether oxygens (including phenoxy) is 1. The van der Waals surface area contributed by atoms with E-state index in [1.807, 2.05) is 25.1 Å². The average Bonchev–Trinajstić information content (AvgIpc) is 3.44. The van der Waals surface area contributed by atoms with Crippen molar-refractivity contribution < 1.29 is 19.1 Å². The van der Waals surface area contributed by atoms with Crippen molar-refractivity contribution in [1.29, 1.82) is 0 Å². The molecule has 31 heavy (non-hydrogen) atoms. The molecule has 1 amide bonds. The number of unbranched alkanes of at least 4 members (excludes halogenated alkanes) is 3. The van der Waals surface area contributed by atoms with Gasteiger partial charge in [0.25, 0.3) is 0 Å². The van der Waals surface area contributed by atoms with Gasteiger partial charge in [-0.15, -0.1) is 0 Å². The van der Waals surface area contributed by atoms with E-state index in [0.29, 0.717) is 30.9 Å². The zero-order chi connectivity index (χ0) is 22.3. The molecule has 1 aliphatic heterocycles. The molecule has 5 nitrogen and oxygen atoms in total. The molecule has 1 aliphatic rings. The summed E-state index contributed by atoms with van der Waals surface area (Å²) in [6.07, 6.45) is 6.66. The van der Waals surface area contributed by atoms with E-state index in [1.54, 1.807) is 23.3 Å². The number of amides is 1. The maximum Gasteiger partial charge on any atom is 0.414 e. The highest BCUT2D eigenvalue weighted by molar-refractivity contribution is 5.73. The molecule has 1 aromatic carbocycles. The molecule has 3 rings (SSSR count). The molecule has 2 heterocycles. The Kier molecular flexibility index (Phi) is 7.97. The average molecular weight is 426 g/mol. The zero-order valence-corrected chi connectivity index (χ0v) is 18.8.